The van der Waals surface area contributed by atoms with Gasteiger partial charge in [0.2, 0.25) is 0 Å². The van der Waals surface area contributed by atoms with E-state index in [4.69, 9.17) is 5.73 Å². The van der Waals surface area contributed by atoms with Crippen LogP contribution in [0.4, 0.5) is 20.2 Å². The van der Waals surface area contributed by atoms with E-state index in [9.17, 15) is 13.6 Å². The number of piperazine rings is 1. The van der Waals surface area contributed by atoms with Crippen LogP contribution in [0.1, 0.15) is 20.8 Å². The van der Waals surface area contributed by atoms with E-state index in [-0.39, 0.29) is 17.0 Å². The largest absolute Gasteiger partial charge is 0.462 e. The maximum absolute atomic E-state index is 12.2. The Morgan fingerprint density at radius 1 is 1.29 bits per heavy atom. The second-order valence-corrected chi connectivity index (χ2v) is 6.16. The zero-order valence-electron chi connectivity index (χ0n) is 14.2. The average Bonchev–Trinajstić information content (AvgIpc) is 2.49. The maximum Gasteiger partial charge on any atom is 0.387 e. The van der Waals surface area contributed by atoms with Gasteiger partial charge in [-0.3, -0.25) is 4.79 Å². The Balaban J connectivity index is 0.000000351. The summed E-state index contributed by atoms with van der Waals surface area (Å²) in [4.78, 5) is 11.7. The number of ether oxygens (including phenoxy) is 2. The Morgan fingerprint density at radius 2 is 1.92 bits per heavy atom. The Labute approximate surface area is 140 Å². The van der Waals surface area contributed by atoms with Crippen molar-refractivity contribution in [2.75, 3.05) is 36.8 Å². The average molecular weight is 345 g/mol. The summed E-state index contributed by atoms with van der Waals surface area (Å²) in [6.07, 6.45) is 0. The zero-order chi connectivity index (χ0) is 18.2. The molecule has 6 nitrogen and oxygen atoms in total. The standard InChI is InChI=1S/C11H15F2N3O.C5H10O2/c12-11(13)17-10-7-8(1-2-9(10)14)16-5-3-15-4-6-16;1-5(2,3)7-4-6/h1-2,7,11,15H,3-6,14H2;4H,1-3H3. The molecule has 0 unspecified atom stereocenters. The number of benzene rings is 1. The van der Waals surface area contributed by atoms with Crippen LogP contribution in [-0.4, -0.2) is 44.9 Å². The molecule has 0 saturated carbocycles. The van der Waals surface area contributed by atoms with Crippen molar-refractivity contribution in [1.82, 2.24) is 5.32 Å². The first kappa shape index (κ1) is 20.0. The predicted octanol–water partition coefficient (Wildman–Crippen LogP) is 2.24. The molecule has 0 radical (unpaired) electrons. The van der Waals surface area contributed by atoms with Crippen molar-refractivity contribution >= 4 is 17.8 Å². The van der Waals surface area contributed by atoms with Crippen LogP contribution in [0.3, 0.4) is 0 Å². The molecular formula is C16H25F2N3O3. The lowest BCUT2D eigenvalue weighted by Gasteiger charge is -2.29. The minimum atomic E-state index is -2.85. The van der Waals surface area contributed by atoms with Gasteiger partial charge >= 0.3 is 6.61 Å². The molecular weight excluding hydrogens is 320 g/mol. The van der Waals surface area contributed by atoms with Gasteiger partial charge in [-0.15, -0.1) is 0 Å². The molecule has 0 amide bonds. The van der Waals surface area contributed by atoms with Crippen molar-refractivity contribution in [2.24, 2.45) is 0 Å². The molecule has 1 fully saturated rings. The minimum absolute atomic E-state index is 0.0380. The number of nitrogens with two attached hydrogens (primary N) is 1. The SMILES string of the molecule is CC(C)(C)OC=O.Nc1ccc(N2CCNCC2)cc1OC(F)F. The van der Waals surface area contributed by atoms with Crippen molar-refractivity contribution in [3.05, 3.63) is 18.2 Å². The fourth-order valence-corrected chi connectivity index (χ4v) is 1.99. The molecule has 1 aliphatic rings. The Kier molecular flexibility index (Phi) is 7.70. The number of halogens is 2. The van der Waals surface area contributed by atoms with Crippen LogP contribution in [0.5, 0.6) is 5.75 Å². The predicted molar refractivity (Wildman–Crippen MR) is 89.5 cm³/mol. The van der Waals surface area contributed by atoms with Gasteiger partial charge in [0.1, 0.15) is 5.60 Å². The number of nitrogen functional groups attached to an aromatic ring is 1. The molecule has 136 valence electrons. The normalized spacial score (nSPS) is 14.7. The van der Waals surface area contributed by atoms with Crippen LogP contribution in [0, 0.1) is 0 Å². The smallest absolute Gasteiger partial charge is 0.387 e. The highest BCUT2D eigenvalue weighted by Gasteiger charge is 2.14. The van der Waals surface area contributed by atoms with Gasteiger partial charge in [0.05, 0.1) is 5.69 Å². The molecule has 3 N–H and O–H groups in total. The topological polar surface area (TPSA) is 76.8 Å². The van der Waals surface area contributed by atoms with Gasteiger partial charge in [-0.25, -0.2) is 0 Å². The highest BCUT2D eigenvalue weighted by molar-refractivity contribution is 5.62. The number of nitrogens with one attached hydrogen (secondary N) is 1. The summed E-state index contributed by atoms with van der Waals surface area (Å²) in [6.45, 7) is 6.53. The molecule has 0 aromatic heterocycles. The number of carbonyl (C=O) groups is 1. The Bertz CT molecular complexity index is 516. The molecule has 0 atom stereocenters. The molecule has 2 rings (SSSR count). The number of alkyl halides is 2. The van der Waals surface area contributed by atoms with Gasteiger partial charge in [-0.2, -0.15) is 8.78 Å². The first-order chi connectivity index (χ1) is 11.2. The van der Waals surface area contributed by atoms with E-state index in [1.54, 1.807) is 12.1 Å². The summed E-state index contributed by atoms with van der Waals surface area (Å²) >= 11 is 0. The number of nitrogens with zero attached hydrogens (tertiary/aromatic N) is 1. The van der Waals surface area contributed by atoms with Gasteiger partial charge in [-0.05, 0) is 32.9 Å². The second kappa shape index (κ2) is 9.27. The Hall–Kier alpha value is -2.09. The molecule has 24 heavy (non-hydrogen) atoms. The minimum Gasteiger partial charge on any atom is -0.462 e. The monoisotopic (exact) mass is 345 g/mol. The van der Waals surface area contributed by atoms with Crippen LogP contribution in [0.15, 0.2) is 18.2 Å². The molecule has 1 aromatic rings. The van der Waals surface area contributed by atoms with Crippen molar-refractivity contribution in [3.8, 4) is 5.75 Å². The molecule has 1 aliphatic heterocycles. The van der Waals surface area contributed by atoms with Crippen molar-refractivity contribution < 1.29 is 23.0 Å². The first-order valence-corrected chi connectivity index (χ1v) is 7.64. The number of hydrogen-bond donors (Lipinski definition) is 2. The van der Waals surface area contributed by atoms with E-state index >= 15 is 0 Å². The number of anilines is 2. The third-order valence-electron chi connectivity index (χ3n) is 3.10. The summed E-state index contributed by atoms with van der Waals surface area (Å²) in [7, 11) is 0. The highest BCUT2D eigenvalue weighted by Crippen LogP contribution is 2.29. The lowest BCUT2D eigenvalue weighted by atomic mass is 10.2. The molecule has 0 aliphatic carbocycles. The molecule has 0 spiro atoms. The van der Waals surface area contributed by atoms with E-state index < -0.39 is 6.61 Å². The summed E-state index contributed by atoms with van der Waals surface area (Å²) in [5.74, 6) is 0.0380. The summed E-state index contributed by atoms with van der Waals surface area (Å²) < 4.78 is 33.3. The maximum atomic E-state index is 12.2. The number of hydrogen-bond acceptors (Lipinski definition) is 6. The van der Waals surface area contributed by atoms with Crippen LogP contribution in [-0.2, 0) is 9.53 Å². The molecule has 0 bridgehead atoms. The summed E-state index contributed by atoms with van der Waals surface area (Å²) in [5.41, 5.74) is 6.34. The molecule has 1 aromatic carbocycles. The summed E-state index contributed by atoms with van der Waals surface area (Å²) in [5, 5.41) is 3.23. The summed E-state index contributed by atoms with van der Waals surface area (Å²) in [6, 6.07) is 4.97. The number of rotatable bonds is 4. The van der Waals surface area contributed by atoms with Gasteiger partial charge < -0.3 is 25.4 Å². The molecule has 1 heterocycles. The van der Waals surface area contributed by atoms with Crippen LogP contribution in [0.25, 0.3) is 0 Å². The fraction of sp³-hybridized carbons (Fsp3) is 0.562. The zero-order valence-corrected chi connectivity index (χ0v) is 14.2. The van der Waals surface area contributed by atoms with Crippen molar-refractivity contribution in [3.63, 3.8) is 0 Å². The van der Waals surface area contributed by atoms with Crippen LogP contribution in [0.2, 0.25) is 0 Å². The van der Waals surface area contributed by atoms with E-state index in [0.717, 1.165) is 31.9 Å². The van der Waals surface area contributed by atoms with Crippen molar-refractivity contribution in [1.29, 1.82) is 0 Å². The van der Waals surface area contributed by atoms with E-state index in [1.165, 1.54) is 0 Å². The second-order valence-electron chi connectivity index (χ2n) is 6.16. The van der Waals surface area contributed by atoms with Gasteiger partial charge in [0.25, 0.3) is 6.47 Å². The Morgan fingerprint density at radius 3 is 2.38 bits per heavy atom. The number of carbonyl (C=O) groups excluding carboxylic acids is 1. The third kappa shape index (κ3) is 7.45. The van der Waals surface area contributed by atoms with Gasteiger partial charge in [-0.1, -0.05) is 0 Å². The van der Waals surface area contributed by atoms with Gasteiger partial charge in [0, 0.05) is 37.9 Å². The molecule has 1 saturated heterocycles. The van der Waals surface area contributed by atoms with Gasteiger partial charge in [0.15, 0.2) is 5.75 Å². The molecule has 8 heteroatoms. The highest BCUT2D eigenvalue weighted by atomic mass is 19.3. The lowest BCUT2D eigenvalue weighted by Crippen LogP contribution is -2.43. The third-order valence-corrected chi connectivity index (χ3v) is 3.10. The fourth-order valence-electron chi connectivity index (χ4n) is 1.99. The van der Waals surface area contributed by atoms with E-state index in [2.05, 4.69) is 19.7 Å². The van der Waals surface area contributed by atoms with Crippen LogP contribution < -0.4 is 20.7 Å². The van der Waals surface area contributed by atoms with Crippen LogP contribution >= 0.6 is 0 Å². The van der Waals surface area contributed by atoms with E-state index in [1.807, 2.05) is 26.8 Å². The van der Waals surface area contributed by atoms with E-state index in [0.29, 0.717) is 6.47 Å². The van der Waals surface area contributed by atoms with Crippen molar-refractivity contribution in [2.45, 2.75) is 33.0 Å². The first-order valence-electron chi connectivity index (χ1n) is 7.64. The quantitative estimate of drug-likeness (QED) is 0.644. The lowest BCUT2D eigenvalue weighted by molar-refractivity contribution is -0.138.